The molecular formula is C19H23N3O3S. The second-order valence-electron chi connectivity index (χ2n) is 6.81. The van der Waals surface area contributed by atoms with E-state index in [2.05, 4.69) is 0 Å². The van der Waals surface area contributed by atoms with Crippen molar-refractivity contribution in [3.05, 3.63) is 59.7 Å². The number of amides is 1. The number of nitrogens with zero attached hydrogens (tertiary/aromatic N) is 2. The Hall–Kier alpha value is -2.22. The van der Waals surface area contributed by atoms with Crippen molar-refractivity contribution in [1.29, 1.82) is 0 Å². The summed E-state index contributed by atoms with van der Waals surface area (Å²) in [6.07, 6.45) is 0.618. The van der Waals surface area contributed by atoms with E-state index >= 15 is 0 Å². The molecule has 3 rings (SSSR count). The van der Waals surface area contributed by atoms with Gasteiger partial charge in [-0.3, -0.25) is 9.69 Å². The van der Waals surface area contributed by atoms with E-state index in [-0.39, 0.29) is 23.4 Å². The fourth-order valence-electron chi connectivity index (χ4n) is 3.42. The third-order valence-corrected chi connectivity index (χ3v) is 5.48. The predicted molar refractivity (Wildman–Crippen MR) is 101 cm³/mol. The maximum atomic E-state index is 12.8. The molecule has 7 heteroatoms. The highest BCUT2D eigenvalue weighted by atomic mass is 32.2. The molecule has 0 spiro atoms. The van der Waals surface area contributed by atoms with Gasteiger partial charge in [-0.15, -0.1) is 0 Å². The zero-order valence-corrected chi connectivity index (χ0v) is 15.7. The Morgan fingerprint density at radius 1 is 1.23 bits per heavy atom. The molecule has 2 N–H and O–H groups in total. The highest BCUT2D eigenvalue weighted by Crippen LogP contribution is 2.33. The summed E-state index contributed by atoms with van der Waals surface area (Å²) in [5.74, 6) is -0.00182. The Morgan fingerprint density at radius 3 is 2.58 bits per heavy atom. The first-order valence-electron chi connectivity index (χ1n) is 8.46. The largest absolute Gasteiger partial charge is 0.308 e. The molecule has 1 amide bonds. The molecule has 0 fully saturated rings. The van der Waals surface area contributed by atoms with Crippen LogP contribution < -0.4 is 10.0 Å². The van der Waals surface area contributed by atoms with Gasteiger partial charge in [-0.25, -0.2) is 13.6 Å². The molecule has 0 radical (unpaired) electrons. The summed E-state index contributed by atoms with van der Waals surface area (Å²) in [5.41, 5.74) is 2.75. The number of primary sulfonamides is 1. The number of anilines is 1. The first-order valence-corrected chi connectivity index (χ1v) is 10.0. The van der Waals surface area contributed by atoms with E-state index < -0.39 is 10.0 Å². The molecule has 0 saturated heterocycles. The molecule has 1 aliphatic heterocycles. The van der Waals surface area contributed by atoms with Crippen LogP contribution in [0.3, 0.4) is 0 Å². The molecule has 1 aliphatic rings. The lowest BCUT2D eigenvalue weighted by molar-refractivity contribution is -0.119. The minimum absolute atomic E-state index is 0.00182. The number of benzene rings is 2. The molecule has 2 aromatic carbocycles. The van der Waals surface area contributed by atoms with Gasteiger partial charge in [0.05, 0.1) is 11.4 Å². The van der Waals surface area contributed by atoms with Crippen molar-refractivity contribution in [2.24, 2.45) is 5.14 Å². The molecule has 0 unspecified atom stereocenters. The lowest BCUT2D eigenvalue weighted by atomic mass is 10.1. The van der Waals surface area contributed by atoms with Crippen LogP contribution in [0.2, 0.25) is 0 Å². The summed E-state index contributed by atoms with van der Waals surface area (Å²) in [7, 11) is -1.83. The fourth-order valence-corrected chi connectivity index (χ4v) is 3.99. The van der Waals surface area contributed by atoms with Crippen LogP contribution in [0.1, 0.15) is 18.1 Å². The second kappa shape index (κ2) is 7.19. The van der Waals surface area contributed by atoms with Gasteiger partial charge in [0, 0.05) is 18.3 Å². The molecule has 6 nitrogen and oxygen atoms in total. The summed E-state index contributed by atoms with van der Waals surface area (Å²) in [4.78, 5) is 16.7. The Kier molecular flexibility index (Phi) is 5.13. The third kappa shape index (κ3) is 3.95. The Morgan fingerprint density at radius 2 is 1.92 bits per heavy atom. The number of hydrogen-bond acceptors (Lipinski definition) is 4. The maximum absolute atomic E-state index is 12.8. The lowest BCUT2D eigenvalue weighted by Crippen LogP contribution is -2.41. The van der Waals surface area contributed by atoms with Crippen molar-refractivity contribution in [2.75, 3.05) is 18.5 Å². The summed E-state index contributed by atoms with van der Waals surface area (Å²) in [6.45, 7) is 2.94. The number of hydrogen-bond donors (Lipinski definition) is 1. The van der Waals surface area contributed by atoms with E-state index in [9.17, 15) is 13.2 Å². The summed E-state index contributed by atoms with van der Waals surface area (Å²) < 4.78 is 23.1. The topological polar surface area (TPSA) is 83.7 Å². The second-order valence-corrected chi connectivity index (χ2v) is 8.37. The summed E-state index contributed by atoms with van der Waals surface area (Å²) >= 11 is 0. The van der Waals surface area contributed by atoms with Crippen LogP contribution in [0.5, 0.6) is 0 Å². The summed E-state index contributed by atoms with van der Waals surface area (Å²) in [6, 6.07) is 14.7. The Bertz CT molecular complexity index is 913. The standard InChI is InChI=1S/C19H23N3O3S/c1-14-10-16-11-17(26(20,24)25)8-9-18(16)22(14)19(23)13-21(2)12-15-6-4-3-5-7-15/h3-9,11,14H,10,12-13H2,1-2H3,(H2,20,24,25)/t14-/m1/s1. The minimum atomic E-state index is -3.74. The molecule has 0 bridgehead atoms. The quantitative estimate of drug-likeness (QED) is 0.865. The number of likely N-dealkylation sites (N-methyl/N-ethyl adjacent to an activating group) is 1. The monoisotopic (exact) mass is 373 g/mol. The Labute approximate surface area is 154 Å². The number of rotatable bonds is 5. The average Bonchev–Trinajstić information content (AvgIpc) is 2.89. The van der Waals surface area contributed by atoms with Gasteiger partial charge in [0.25, 0.3) is 0 Å². The lowest BCUT2D eigenvalue weighted by Gasteiger charge is -2.26. The first-order chi connectivity index (χ1) is 12.3. The van der Waals surface area contributed by atoms with Crippen molar-refractivity contribution in [2.45, 2.75) is 30.8 Å². The van der Waals surface area contributed by atoms with Gasteiger partial charge < -0.3 is 4.90 Å². The van der Waals surface area contributed by atoms with Crippen LogP contribution in [0.15, 0.2) is 53.4 Å². The van der Waals surface area contributed by atoms with Crippen LogP contribution >= 0.6 is 0 Å². The molecule has 1 atom stereocenters. The number of nitrogens with two attached hydrogens (primary N) is 1. The number of carbonyl (C=O) groups excluding carboxylic acids is 1. The number of sulfonamides is 1. The third-order valence-electron chi connectivity index (χ3n) is 4.56. The first kappa shape index (κ1) is 18.6. The van der Waals surface area contributed by atoms with E-state index in [4.69, 9.17) is 5.14 Å². The summed E-state index contributed by atoms with van der Waals surface area (Å²) in [5, 5.41) is 5.20. The van der Waals surface area contributed by atoms with E-state index in [0.29, 0.717) is 13.0 Å². The van der Waals surface area contributed by atoms with Gasteiger partial charge in [0.2, 0.25) is 15.9 Å². The van der Waals surface area contributed by atoms with Crippen molar-refractivity contribution in [1.82, 2.24) is 4.90 Å². The van der Waals surface area contributed by atoms with Gasteiger partial charge in [0.1, 0.15) is 0 Å². The highest BCUT2D eigenvalue weighted by molar-refractivity contribution is 7.89. The zero-order chi connectivity index (χ0) is 18.9. The minimum Gasteiger partial charge on any atom is -0.308 e. The van der Waals surface area contributed by atoms with Crippen LogP contribution in [-0.2, 0) is 27.8 Å². The van der Waals surface area contributed by atoms with E-state index in [1.54, 1.807) is 17.0 Å². The molecule has 138 valence electrons. The van der Waals surface area contributed by atoms with Gasteiger partial charge in [-0.2, -0.15) is 0 Å². The van der Waals surface area contributed by atoms with Crippen LogP contribution in [0.4, 0.5) is 5.69 Å². The van der Waals surface area contributed by atoms with Crippen molar-refractivity contribution in [3.63, 3.8) is 0 Å². The smallest absolute Gasteiger partial charge is 0.241 e. The normalized spacial score (nSPS) is 16.8. The number of carbonyl (C=O) groups is 1. The van der Waals surface area contributed by atoms with Crippen molar-refractivity contribution < 1.29 is 13.2 Å². The van der Waals surface area contributed by atoms with Crippen molar-refractivity contribution >= 4 is 21.6 Å². The molecular weight excluding hydrogens is 350 g/mol. The predicted octanol–water partition coefficient (Wildman–Crippen LogP) is 1.74. The number of fused-ring (bicyclic) bond motifs is 1. The molecule has 26 heavy (non-hydrogen) atoms. The van der Waals surface area contributed by atoms with E-state index in [0.717, 1.165) is 16.8 Å². The average molecular weight is 373 g/mol. The van der Waals surface area contributed by atoms with E-state index in [1.807, 2.05) is 49.2 Å². The maximum Gasteiger partial charge on any atom is 0.241 e. The van der Waals surface area contributed by atoms with Crippen LogP contribution in [0, 0.1) is 0 Å². The molecule has 1 heterocycles. The van der Waals surface area contributed by atoms with Gasteiger partial charge >= 0.3 is 0 Å². The molecule has 0 saturated carbocycles. The van der Waals surface area contributed by atoms with Crippen LogP contribution in [-0.4, -0.2) is 38.9 Å². The highest BCUT2D eigenvalue weighted by Gasteiger charge is 2.32. The van der Waals surface area contributed by atoms with Gasteiger partial charge in [0.15, 0.2) is 0 Å². The molecule has 0 aromatic heterocycles. The fraction of sp³-hybridized carbons (Fsp3) is 0.316. The van der Waals surface area contributed by atoms with Crippen molar-refractivity contribution in [3.8, 4) is 0 Å². The molecule has 0 aliphatic carbocycles. The SMILES string of the molecule is C[C@@H]1Cc2cc(S(N)(=O)=O)ccc2N1C(=O)CN(C)Cc1ccccc1. The van der Waals surface area contributed by atoms with Gasteiger partial charge in [-0.1, -0.05) is 30.3 Å². The zero-order valence-electron chi connectivity index (χ0n) is 14.9. The Balaban J connectivity index is 1.74. The van der Waals surface area contributed by atoms with E-state index in [1.165, 1.54) is 6.07 Å². The van der Waals surface area contributed by atoms with Crippen LogP contribution in [0.25, 0.3) is 0 Å². The van der Waals surface area contributed by atoms with Gasteiger partial charge in [-0.05, 0) is 49.7 Å². The molecule has 2 aromatic rings.